The highest BCUT2D eigenvalue weighted by Crippen LogP contribution is 2.19. The average molecular weight is 219 g/mol. The Kier molecular flexibility index (Phi) is 3.62. The van der Waals surface area contributed by atoms with Crippen molar-refractivity contribution >= 4 is 0 Å². The highest BCUT2D eigenvalue weighted by molar-refractivity contribution is 5.30. The van der Waals surface area contributed by atoms with Crippen molar-refractivity contribution < 1.29 is 5.11 Å². The summed E-state index contributed by atoms with van der Waals surface area (Å²) in [5.74, 6) is 0. The maximum Gasteiger partial charge on any atom is 0.0693 e. The van der Waals surface area contributed by atoms with Crippen molar-refractivity contribution in [3.8, 4) is 0 Å². The lowest BCUT2D eigenvalue weighted by Crippen LogP contribution is -2.35. The van der Waals surface area contributed by atoms with E-state index in [1.807, 2.05) is 0 Å². The molecule has 0 saturated heterocycles. The normalized spacial score (nSPS) is 24.9. The summed E-state index contributed by atoms with van der Waals surface area (Å²) >= 11 is 0. The van der Waals surface area contributed by atoms with Gasteiger partial charge < -0.3 is 10.4 Å². The van der Waals surface area contributed by atoms with Gasteiger partial charge in [0.2, 0.25) is 0 Å². The van der Waals surface area contributed by atoms with Gasteiger partial charge in [-0.3, -0.25) is 0 Å². The Bertz CT molecular complexity index is 362. The lowest BCUT2D eigenvalue weighted by atomic mass is 10.1. The predicted octanol–water partition coefficient (Wildman–Crippen LogP) is 2.31. The van der Waals surface area contributed by atoms with Crippen LogP contribution < -0.4 is 5.32 Å². The monoisotopic (exact) mass is 219 g/mol. The molecule has 1 fully saturated rings. The van der Waals surface area contributed by atoms with E-state index in [1.54, 1.807) is 0 Å². The topological polar surface area (TPSA) is 32.3 Å². The SMILES string of the molecule is Cc1ccc(C)c(CNC2CCCC2O)c1. The first kappa shape index (κ1) is 11.6. The van der Waals surface area contributed by atoms with E-state index in [-0.39, 0.29) is 6.10 Å². The number of hydrogen-bond donors (Lipinski definition) is 2. The van der Waals surface area contributed by atoms with Gasteiger partial charge in [0.25, 0.3) is 0 Å². The molecule has 2 unspecified atom stereocenters. The molecule has 0 radical (unpaired) electrons. The van der Waals surface area contributed by atoms with Crippen LogP contribution in [-0.4, -0.2) is 17.3 Å². The van der Waals surface area contributed by atoms with E-state index in [2.05, 4.69) is 37.4 Å². The molecule has 0 spiro atoms. The van der Waals surface area contributed by atoms with Crippen LogP contribution in [0, 0.1) is 13.8 Å². The van der Waals surface area contributed by atoms with Crippen LogP contribution in [0.5, 0.6) is 0 Å². The fourth-order valence-corrected chi connectivity index (χ4v) is 2.41. The Morgan fingerprint density at radius 1 is 1.31 bits per heavy atom. The third kappa shape index (κ3) is 2.63. The fourth-order valence-electron chi connectivity index (χ4n) is 2.41. The molecule has 88 valence electrons. The van der Waals surface area contributed by atoms with Gasteiger partial charge in [-0.1, -0.05) is 23.8 Å². The second-order valence-corrected chi connectivity index (χ2v) is 4.92. The van der Waals surface area contributed by atoms with Gasteiger partial charge >= 0.3 is 0 Å². The van der Waals surface area contributed by atoms with Crippen molar-refractivity contribution in [2.45, 2.75) is 51.8 Å². The summed E-state index contributed by atoms with van der Waals surface area (Å²) in [5, 5.41) is 13.2. The molecule has 1 aliphatic rings. The molecule has 1 aromatic rings. The van der Waals surface area contributed by atoms with Crippen LogP contribution in [0.4, 0.5) is 0 Å². The third-order valence-electron chi connectivity index (χ3n) is 3.54. The lowest BCUT2D eigenvalue weighted by molar-refractivity contribution is 0.148. The minimum atomic E-state index is -0.148. The zero-order valence-corrected chi connectivity index (χ0v) is 10.2. The number of rotatable bonds is 3. The molecule has 2 nitrogen and oxygen atoms in total. The first-order valence-electron chi connectivity index (χ1n) is 6.14. The van der Waals surface area contributed by atoms with Crippen molar-refractivity contribution in [2.75, 3.05) is 0 Å². The van der Waals surface area contributed by atoms with Crippen LogP contribution >= 0.6 is 0 Å². The van der Waals surface area contributed by atoms with Gasteiger partial charge in [0.1, 0.15) is 0 Å². The van der Waals surface area contributed by atoms with Crippen LogP contribution in [0.25, 0.3) is 0 Å². The highest BCUT2D eigenvalue weighted by Gasteiger charge is 2.24. The molecule has 2 atom stereocenters. The van der Waals surface area contributed by atoms with Crippen molar-refractivity contribution in [3.05, 3.63) is 34.9 Å². The Morgan fingerprint density at radius 2 is 2.12 bits per heavy atom. The molecule has 1 aromatic carbocycles. The van der Waals surface area contributed by atoms with Crippen molar-refractivity contribution in [1.29, 1.82) is 0 Å². The first-order valence-corrected chi connectivity index (χ1v) is 6.14. The van der Waals surface area contributed by atoms with Crippen LogP contribution in [-0.2, 0) is 6.54 Å². The summed E-state index contributed by atoms with van der Waals surface area (Å²) < 4.78 is 0. The van der Waals surface area contributed by atoms with Gasteiger partial charge in [0, 0.05) is 12.6 Å². The van der Waals surface area contributed by atoms with Gasteiger partial charge in [-0.2, -0.15) is 0 Å². The summed E-state index contributed by atoms with van der Waals surface area (Å²) in [5.41, 5.74) is 3.97. The van der Waals surface area contributed by atoms with E-state index < -0.39 is 0 Å². The molecular formula is C14H21NO. The Labute approximate surface area is 97.7 Å². The van der Waals surface area contributed by atoms with E-state index >= 15 is 0 Å². The van der Waals surface area contributed by atoms with Crippen LogP contribution in [0.15, 0.2) is 18.2 Å². The van der Waals surface area contributed by atoms with E-state index in [9.17, 15) is 5.11 Å². The molecule has 2 heteroatoms. The van der Waals surface area contributed by atoms with Gasteiger partial charge in [-0.25, -0.2) is 0 Å². The largest absolute Gasteiger partial charge is 0.392 e. The first-order chi connectivity index (χ1) is 7.66. The number of aryl methyl sites for hydroxylation is 2. The predicted molar refractivity (Wildman–Crippen MR) is 66.4 cm³/mol. The fraction of sp³-hybridized carbons (Fsp3) is 0.571. The van der Waals surface area contributed by atoms with Gasteiger partial charge in [-0.05, 0) is 44.2 Å². The molecule has 16 heavy (non-hydrogen) atoms. The molecule has 2 N–H and O–H groups in total. The van der Waals surface area contributed by atoms with E-state index in [4.69, 9.17) is 0 Å². The quantitative estimate of drug-likeness (QED) is 0.817. The second-order valence-electron chi connectivity index (χ2n) is 4.92. The number of benzene rings is 1. The number of aliphatic hydroxyl groups is 1. The van der Waals surface area contributed by atoms with E-state index in [1.165, 1.54) is 16.7 Å². The van der Waals surface area contributed by atoms with Gasteiger partial charge in [0.05, 0.1) is 6.10 Å². The molecule has 1 aliphatic carbocycles. The lowest BCUT2D eigenvalue weighted by Gasteiger charge is -2.17. The third-order valence-corrected chi connectivity index (χ3v) is 3.54. The molecule has 0 bridgehead atoms. The van der Waals surface area contributed by atoms with Crippen molar-refractivity contribution in [2.24, 2.45) is 0 Å². The summed E-state index contributed by atoms with van der Waals surface area (Å²) in [6, 6.07) is 6.82. The molecule has 0 heterocycles. The maximum atomic E-state index is 9.73. The number of nitrogens with one attached hydrogen (secondary N) is 1. The van der Waals surface area contributed by atoms with E-state index in [0.717, 1.165) is 25.8 Å². The zero-order valence-electron chi connectivity index (χ0n) is 10.2. The van der Waals surface area contributed by atoms with Crippen LogP contribution in [0.2, 0.25) is 0 Å². The Morgan fingerprint density at radius 3 is 2.81 bits per heavy atom. The molecule has 0 aromatic heterocycles. The molecule has 2 rings (SSSR count). The molecule has 1 saturated carbocycles. The molecular weight excluding hydrogens is 198 g/mol. The number of aliphatic hydroxyl groups excluding tert-OH is 1. The smallest absolute Gasteiger partial charge is 0.0693 e. The summed E-state index contributed by atoms with van der Waals surface area (Å²) in [6.45, 7) is 5.13. The summed E-state index contributed by atoms with van der Waals surface area (Å²) in [6.07, 6.45) is 3.05. The van der Waals surface area contributed by atoms with Crippen LogP contribution in [0.1, 0.15) is 36.0 Å². The maximum absolute atomic E-state index is 9.73. The standard InChI is InChI=1S/C14H21NO/c1-10-6-7-11(2)12(8-10)9-15-13-4-3-5-14(13)16/h6-8,13-16H,3-5,9H2,1-2H3. The average Bonchev–Trinajstić information content (AvgIpc) is 2.66. The molecule has 0 aliphatic heterocycles. The van der Waals surface area contributed by atoms with Crippen molar-refractivity contribution in [1.82, 2.24) is 5.32 Å². The zero-order chi connectivity index (χ0) is 11.5. The van der Waals surface area contributed by atoms with E-state index in [0.29, 0.717) is 6.04 Å². The highest BCUT2D eigenvalue weighted by atomic mass is 16.3. The minimum Gasteiger partial charge on any atom is -0.392 e. The Hall–Kier alpha value is -0.860. The molecule has 0 amide bonds. The van der Waals surface area contributed by atoms with Gasteiger partial charge in [-0.15, -0.1) is 0 Å². The van der Waals surface area contributed by atoms with Crippen LogP contribution in [0.3, 0.4) is 0 Å². The number of hydrogen-bond acceptors (Lipinski definition) is 2. The summed E-state index contributed by atoms with van der Waals surface area (Å²) in [7, 11) is 0. The Balaban J connectivity index is 1.96. The second kappa shape index (κ2) is 4.98. The van der Waals surface area contributed by atoms with Gasteiger partial charge in [0.15, 0.2) is 0 Å². The minimum absolute atomic E-state index is 0.148. The van der Waals surface area contributed by atoms with Crippen molar-refractivity contribution in [3.63, 3.8) is 0 Å². The summed E-state index contributed by atoms with van der Waals surface area (Å²) in [4.78, 5) is 0.